The Balaban J connectivity index is 2.26. The monoisotopic (exact) mass is 271 g/mol. The zero-order valence-electron chi connectivity index (χ0n) is 10.4. The van der Waals surface area contributed by atoms with E-state index < -0.39 is 0 Å². The molecule has 19 heavy (non-hydrogen) atoms. The summed E-state index contributed by atoms with van der Waals surface area (Å²) in [6, 6.07) is 9.84. The van der Waals surface area contributed by atoms with Gasteiger partial charge in [0.1, 0.15) is 0 Å². The van der Waals surface area contributed by atoms with Crippen LogP contribution in [0.4, 0.5) is 0 Å². The summed E-state index contributed by atoms with van der Waals surface area (Å²) in [5, 5.41) is 1.87. The average Bonchev–Trinajstić information content (AvgIpc) is 2.79. The molecule has 0 aliphatic rings. The van der Waals surface area contributed by atoms with E-state index in [0.717, 1.165) is 33.6 Å². The van der Waals surface area contributed by atoms with E-state index in [4.69, 9.17) is 17.3 Å². The molecule has 0 bridgehead atoms. The first-order chi connectivity index (χ1) is 9.29. The van der Waals surface area contributed by atoms with Gasteiger partial charge < -0.3 is 10.7 Å². The first-order valence-electron chi connectivity index (χ1n) is 6.20. The van der Waals surface area contributed by atoms with Gasteiger partial charge in [0.05, 0.1) is 5.69 Å². The molecule has 3 nitrogen and oxygen atoms in total. The maximum atomic E-state index is 6.09. The Hall–Kier alpha value is -1.84. The van der Waals surface area contributed by atoms with Crippen molar-refractivity contribution in [2.24, 2.45) is 5.73 Å². The highest BCUT2D eigenvalue weighted by atomic mass is 35.5. The molecule has 0 saturated heterocycles. The molecular weight excluding hydrogens is 258 g/mol. The van der Waals surface area contributed by atoms with E-state index in [1.807, 2.05) is 36.5 Å². The van der Waals surface area contributed by atoms with Crippen molar-refractivity contribution in [1.82, 2.24) is 9.97 Å². The number of halogens is 1. The summed E-state index contributed by atoms with van der Waals surface area (Å²) in [4.78, 5) is 7.61. The highest BCUT2D eigenvalue weighted by Crippen LogP contribution is 2.31. The molecule has 0 aliphatic heterocycles. The maximum absolute atomic E-state index is 6.09. The standard InChI is InChI=1S/C15H14ClN3/c16-11-3-4-14-13(8-11)12(5-6-17)15(19-14)10-2-1-7-18-9-10/h1-4,7-9,19H,5-6,17H2. The average molecular weight is 272 g/mol. The van der Waals surface area contributed by atoms with Crippen molar-refractivity contribution >= 4 is 22.5 Å². The van der Waals surface area contributed by atoms with E-state index in [2.05, 4.69) is 9.97 Å². The van der Waals surface area contributed by atoms with E-state index in [1.165, 1.54) is 5.56 Å². The molecule has 0 unspecified atom stereocenters. The lowest BCUT2D eigenvalue weighted by Gasteiger charge is -2.03. The SMILES string of the molecule is NCCc1c(-c2cccnc2)[nH]c2ccc(Cl)cc12. The number of nitrogens with two attached hydrogens (primary N) is 1. The Labute approximate surface area is 116 Å². The van der Waals surface area contributed by atoms with Crippen LogP contribution in [-0.2, 0) is 6.42 Å². The summed E-state index contributed by atoms with van der Waals surface area (Å²) in [6.07, 6.45) is 4.43. The van der Waals surface area contributed by atoms with Gasteiger partial charge in [-0.3, -0.25) is 4.98 Å². The first kappa shape index (κ1) is 12.2. The van der Waals surface area contributed by atoms with Crippen LogP contribution >= 0.6 is 11.6 Å². The van der Waals surface area contributed by atoms with Crippen LogP contribution in [0.1, 0.15) is 5.56 Å². The first-order valence-corrected chi connectivity index (χ1v) is 6.58. The van der Waals surface area contributed by atoms with Crippen LogP contribution in [0.15, 0.2) is 42.7 Å². The van der Waals surface area contributed by atoms with E-state index in [-0.39, 0.29) is 0 Å². The normalized spacial score (nSPS) is 11.1. The van der Waals surface area contributed by atoms with Crippen LogP contribution in [0, 0.1) is 0 Å². The van der Waals surface area contributed by atoms with Crippen molar-refractivity contribution in [2.45, 2.75) is 6.42 Å². The molecule has 3 N–H and O–H groups in total. The van der Waals surface area contributed by atoms with Crippen LogP contribution in [0.25, 0.3) is 22.2 Å². The minimum absolute atomic E-state index is 0.604. The number of aromatic nitrogens is 2. The third-order valence-corrected chi connectivity index (χ3v) is 3.45. The minimum Gasteiger partial charge on any atom is -0.354 e. The number of nitrogens with one attached hydrogen (secondary N) is 1. The number of pyridine rings is 1. The molecule has 0 fully saturated rings. The molecular formula is C15H14ClN3. The minimum atomic E-state index is 0.604. The van der Waals surface area contributed by atoms with Gasteiger partial charge in [0.25, 0.3) is 0 Å². The highest BCUT2D eigenvalue weighted by Gasteiger charge is 2.12. The number of benzene rings is 1. The second kappa shape index (κ2) is 5.03. The van der Waals surface area contributed by atoms with Crippen molar-refractivity contribution in [1.29, 1.82) is 0 Å². The Morgan fingerprint density at radius 2 is 2.16 bits per heavy atom. The zero-order valence-corrected chi connectivity index (χ0v) is 11.1. The number of fused-ring (bicyclic) bond motifs is 1. The third kappa shape index (κ3) is 2.23. The Morgan fingerprint density at radius 3 is 2.89 bits per heavy atom. The van der Waals surface area contributed by atoms with Gasteiger partial charge in [0.15, 0.2) is 0 Å². The van der Waals surface area contributed by atoms with Crippen molar-refractivity contribution < 1.29 is 0 Å². The fourth-order valence-corrected chi connectivity index (χ4v) is 2.55. The Kier molecular flexibility index (Phi) is 3.23. The second-order valence-electron chi connectivity index (χ2n) is 4.45. The number of H-pyrrole nitrogens is 1. The topological polar surface area (TPSA) is 54.7 Å². The Bertz CT molecular complexity index is 704. The van der Waals surface area contributed by atoms with Gasteiger partial charge in [-0.15, -0.1) is 0 Å². The molecule has 96 valence electrons. The van der Waals surface area contributed by atoms with Crippen LogP contribution in [0.3, 0.4) is 0 Å². The molecule has 4 heteroatoms. The molecule has 3 aromatic rings. The lowest BCUT2D eigenvalue weighted by Crippen LogP contribution is -2.03. The number of hydrogen-bond acceptors (Lipinski definition) is 2. The third-order valence-electron chi connectivity index (χ3n) is 3.21. The lowest BCUT2D eigenvalue weighted by molar-refractivity contribution is 0.978. The molecule has 0 atom stereocenters. The van der Waals surface area contributed by atoms with E-state index >= 15 is 0 Å². The van der Waals surface area contributed by atoms with Gasteiger partial charge >= 0.3 is 0 Å². The fraction of sp³-hybridized carbons (Fsp3) is 0.133. The summed E-state index contributed by atoms with van der Waals surface area (Å²) in [5.41, 5.74) is 10.2. The molecule has 3 rings (SSSR count). The molecule has 0 aliphatic carbocycles. The predicted octanol–water partition coefficient (Wildman–Crippen LogP) is 3.38. The Morgan fingerprint density at radius 1 is 1.26 bits per heavy atom. The number of nitrogens with zero attached hydrogens (tertiary/aromatic N) is 1. The van der Waals surface area contributed by atoms with Crippen molar-refractivity contribution in [2.75, 3.05) is 6.54 Å². The van der Waals surface area contributed by atoms with Crippen molar-refractivity contribution in [3.05, 3.63) is 53.3 Å². The molecule has 2 aromatic heterocycles. The molecule has 0 amide bonds. The molecule has 0 spiro atoms. The lowest BCUT2D eigenvalue weighted by atomic mass is 10.0. The highest BCUT2D eigenvalue weighted by molar-refractivity contribution is 6.31. The van der Waals surface area contributed by atoms with Gasteiger partial charge in [-0.25, -0.2) is 0 Å². The van der Waals surface area contributed by atoms with Crippen LogP contribution in [-0.4, -0.2) is 16.5 Å². The van der Waals surface area contributed by atoms with Crippen LogP contribution < -0.4 is 5.73 Å². The van der Waals surface area contributed by atoms with E-state index in [9.17, 15) is 0 Å². The molecule has 0 radical (unpaired) electrons. The summed E-state index contributed by atoms with van der Waals surface area (Å²) >= 11 is 6.09. The van der Waals surface area contributed by atoms with Crippen LogP contribution in [0.2, 0.25) is 5.02 Å². The fourth-order valence-electron chi connectivity index (χ4n) is 2.38. The summed E-state index contributed by atoms with van der Waals surface area (Å²) in [7, 11) is 0. The molecule has 2 heterocycles. The number of aromatic amines is 1. The number of hydrogen-bond donors (Lipinski definition) is 2. The maximum Gasteiger partial charge on any atom is 0.0513 e. The van der Waals surface area contributed by atoms with Gasteiger partial charge in [0.2, 0.25) is 0 Å². The van der Waals surface area contributed by atoms with Crippen molar-refractivity contribution in [3.8, 4) is 11.3 Å². The van der Waals surface area contributed by atoms with Gasteiger partial charge in [-0.1, -0.05) is 11.6 Å². The zero-order chi connectivity index (χ0) is 13.2. The second-order valence-corrected chi connectivity index (χ2v) is 4.89. The quantitative estimate of drug-likeness (QED) is 0.767. The van der Waals surface area contributed by atoms with E-state index in [1.54, 1.807) is 6.20 Å². The smallest absolute Gasteiger partial charge is 0.0513 e. The van der Waals surface area contributed by atoms with Gasteiger partial charge in [-0.2, -0.15) is 0 Å². The van der Waals surface area contributed by atoms with E-state index in [0.29, 0.717) is 6.54 Å². The summed E-state index contributed by atoms with van der Waals surface area (Å²) in [5.74, 6) is 0. The van der Waals surface area contributed by atoms with Gasteiger partial charge in [0, 0.05) is 33.9 Å². The largest absolute Gasteiger partial charge is 0.354 e. The summed E-state index contributed by atoms with van der Waals surface area (Å²) < 4.78 is 0. The van der Waals surface area contributed by atoms with Gasteiger partial charge in [-0.05, 0) is 48.9 Å². The predicted molar refractivity (Wildman–Crippen MR) is 79.3 cm³/mol. The number of rotatable bonds is 3. The van der Waals surface area contributed by atoms with Crippen molar-refractivity contribution in [3.63, 3.8) is 0 Å². The summed E-state index contributed by atoms with van der Waals surface area (Å²) in [6.45, 7) is 0.604. The van der Waals surface area contributed by atoms with Crippen LogP contribution in [0.5, 0.6) is 0 Å². The molecule has 1 aromatic carbocycles. The molecule has 0 saturated carbocycles.